The predicted octanol–water partition coefficient (Wildman–Crippen LogP) is 2.17. The molecule has 0 saturated carbocycles. The fourth-order valence-electron chi connectivity index (χ4n) is 3.09. The Morgan fingerprint density at radius 3 is 2.92 bits per heavy atom. The molecule has 2 atom stereocenters. The number of morpholine rings is 1. The second kappa shape index (κ2) is 7.64. The lowest BCUT2D eigenvalue weighted by molar-refractivity contribution is -0.0404. The maximum Gasteiger partial charge on any atom is 0.317 e. The lowest BCUT2D eigenvalue weighted by Crippen LogP contribution is -2.52. The zero-order valence-electron chi connectivity index (χ0n) is 13.9. The second-order valence-corrected chi connectivity index (χ2v) is 6.36. The van der Waals surface area contributed by atoms with Gasteiger partial charge in [0.25, 0.3) is 0 Å². The van der Waals surface area contributed by atoms with Gasteiger partial charge >= 0.3 is 6.03 Å². The standard InChI is InChI=1S/C19H24N2O3/c1-14(20-19(23)21-8-9-24-18(12-21)13-22)10-15-6-7-16-4-2-3-5-17(16)11-15/h2-7,11,14,18,22H,8-10,12-13H2,1H3,(H,20,23)/t14-,18-/m0/s1. The van der Waals surface area contributed by atoms with E-state index in [9.17, 15) is 9.90 Å². The summed E-state index contributed by atoms with van der Waals surface area (Å²) in [7, 11) is 0. The van der Waals surface area contributed by atoms with Gasteiger partial charge in [-0.2, -0.15) is 0 Å². The molecule has 0 aliphatic carbocycles. The first-order valence-electron chi connectivity index (χ1n) is 8.41. The van der Waals surface area contributed by atoms with E-state index < -0.39 is 0 Å². The van der Waals surface area contributed by atoms with Crippen molar-refractivity contribution in [1.82, 2.24) is 10.2 Å². The van der Waals surface area contributed by atoms with Crippen LogP contribution in [0.25, 0.3) is 10.8 Å². The number of nitrogens with one attached hydrogen (secondary N) is 1. The average Bonchev–Trinajstić information content (AvgIpc) is 2.61. The number of hydrogen-bond donors (Lipinski definition) is 2. The molecule has 0 aromatic heterocycles. The highest BCUT2D eigenvalue weighted by Gasteiger charge is 2.24. The lowest BCUT2D eigenvalue weighted by atomic mass is 10.0. The molecule has 1 heterocycles. The van der Waals surface area contributed by atoms with Crippen molar-refractivity contribution in [3.05, 3.63) is 48.0 Å². The molecule has 2 amide bonds. The van der Waals surface area contributed by atoms with Gasteiger partial charge in [0.15, 0.2) is 0 Å². The van der Waals surface area contributed by atoms with Crippen LogP contribution < -0.4 is 5.32 Å². The normalized spacial score (nSPS) is 19.2. The minimum Gasteiger partial charge on any atom is -0.394 e. The molecule has 5 nitrogen and oxygen atoms in total. The summed E-state index contributed by atoms with van der Waals surface area (Å²) >= 11 is 0. The van der Waals surface area contributed by atoms with E-state index in [0.29, 0.717) is 19.7 Å². The summed E-state index contributed by atoms with van der Waals surface area (Å²) in [5.41, 5.74) is 1.21. The molecule has 0 radical (unpaired) electrons. The molecule has 3 rings (SSSR count). The molecule has 1 aliphatic rings. The summed E-state index contributed by atoms with van der Waals surface area (Å²) in [4.78, 5) is 14.1. The lowest BCUT2D eigenvalue weighted by Gasteiger charge is -2.32. The number of fused-ring (bicyclic) bond motifs is 1. The average molecular weight is 328 g/mol. The Hall–Kier alpha value is -2.11. The number of hydrogen-bond acceptors (Lipinski definition) is 3. The summed E-state index contributed by atoms with van der Waals surface area (Å²) < 4.78 is 5.38. The first-order chi connectivity index (χ1) is 11.7. The van der Waals surface area contributed by atoms with E-state index in [1.54, 1.807) is 4.90 Å². The molecule has 1 saturated heterocycles. The molecule has 1 fully saturated rings. The van der Waals surface area contributed by atoms with Crippen molar-refractivity contribution in [1.29, 1.82) is 0 Å². The van der Waals surface area contributed by atoms with Gasteiger partial charge in [-0.05, 0) is 29.7 Å². The van der Waals surface area contributed by atoms with Crippen molar-refractivity contribution < 1.29 is 14.6 Å². The van der Waals surface area contributed by atoms with Crippen LogP contribution in [0.3, 0.4) is 0 Å². The Bertz CT molecular complexity index is 704. The Balaban J connectivity index is 1.57. The van der Waals surface area contributed by atoms with Crippen molar-refractivity contribution in [2.24, 2.45) is 0 Å². The molecular weight excluding hydrogens is 304 g/mol. The topological polar surface area (TPSA) is 61.8 Å². The van der Waals surface area contributed by atoms with Crippen molar-refractivity contribution in [3.8, 4) is 0 Å². The first kappa shape index (κ1) is 16.7. The molecule has 2 aromatic rings. The molecule has 2 aromatic carbocycles. The number of amides is 2. The van der Waals surface area contributed by atoms with Gasteiger partial charge in [0.05, 0.1) is 25.9 Å². The zero-order valence-corrected chi connectivity index (χ0v) is 13.9. The smallest absolute Gasteiger partial charge is 0.317 e. The quantitative estimate of drug-likeness (QED) is 0.904. The van der Waals surface area contributed by atoms with Gasteiger partial charge in [-0.1, -0.05) is 42.5 Å². The van der Waals surface area contributed by atoms with Crippen LogP contribution in [-0.4, -0.2) is 54.5 Å². The number of ether oxygens (including phenoxy) is 1. The van der Waals surface area contributed by atoms with Crippen LogP contribution in [0.15, 0.2) is 42.5 Å². The molecule has 1 aliphatic heterocycles. The van der Waals surface area contributed by atoms with Gasteiger partial charge in [0, 0.05) is 12.6 Å². The van der Waals surface area contributed by atoms with Gasteiger partial charge in [-0.15, -0.1) is 0 Å². The summed E-state index contributed by atoms with van der Waals surface area (Å²) in [6.45, 7) is 3.42. The van der Waals surface area contributed by atoms with Crippen molar-refractivity contribution in [3.63, 3.8) is 0 Å². The Morgan fingerprint density at radius 2 is 2.12 bits per heavy atom. The largest absolute Gasteiger partial charge is 0.394 e. The number of rotatable bonds is 4. The number of benzene rings is 2. The SMILES string of the molecule is C[C@@H](Cc1ccc2ccccc2c1)NC(=O)N1CCO[C@H](CO)C1. The molecule has 24 heavy (non-hydrogen) atoms. The second-order valence-electron chi connectivity index (χ2n) is 6.36. The molecule has 0 bridgehead atoms. The minimum atomic E-state index is -0.278. The highest BCUT2D eigenvalue weighted by molar-refractivity contribution is 5.83. The highest BCUT2D eigenvalue weighted by Crippen LogP contribution is 2.16. The molecule has 0 spiro atoms. The van der Waals surface area contributed by atoms with Gasteiger partial charge in [0.2, 0.25) is 0 Å². The van der Waals surface area contributed by atoms with Crippen LogP contribution in [-0.2, 0) is 11.2 Å². The summed E-state index contributed by atoms with van der Waals surface area (Å²) in [5.74, 6) is 0. The third-order valence-corrected chi connectivity index (χ3v) is 4.36. The van der Waals surface area contributed by atoms with Gasteiger partial charge in [-0.3, -0.25) is 0 Å². The third-order valence-electron chi connectivity index (χ3n) is 4.36. The van der Waals surface area contributed by atoms with Crippen LogP contribution in [0, 0.1) is 0 Å². The van der Waals surface area contributed by atoms with E-state index in [0.717, 1.165) is 6.42 Å². The van der Waals surface area contributed by atoms with Crippen molar-refractivity contribution in [2.45, 2.75) is 25.5 Å². The number of urea groups is 1. The summed E-state index contributed by atoms with van der Waals surface area (Å²) in [6, 6.07) is 14.6. The fourth-order valence-corrected chi connectivity index (χ4v) is 3.09. The Kier molecular flexibility index (Phi) is 5.33. The van der Waals surface area contributed by atoms with E-state index in [1.807, 2.05) is 19.1 Å². The zero-order chi connectivity index (χ0) is 16.9. The van der Waals surface area contributed by atoms with Crippen molar-refractivity contribution in [2.75, 3.05) is 26.3 Å². The van der Waals surface area contributed by atoms with E-state index in [4.69, 9.17) is 4.74 Å². The monoisotopic (exact) mass is 328 g/mol. The van der Waals surface area contributed by atoms with Crippen LogP contribution in [0.5, 0.6) is 0 Å². The third kappa shape index (κ3) is 4.04. The van der Waals surface area contributed by atoms with Crippen LogP contribution in [0.2, 0.25) is 0 Å². The van der Waals surface area contributed by atoms with E-state index in [1.165, 1.54) is 16.3 Å². The fraction of sp³-hybridized carbons (Fsp3) is 0.421. The maximum absolute atomic E-state index is 12.4. The number of carbonyl (C=O) groups excluding carboxylic acids is 1. The van der Waals surface area contributed by atoms with Gasteiger partial charge in [0.1, 0.15) is 0 Å². The van der Waals surface area contributed by atoms with Crippen LogP contribution in [0.1, 0.15) is 12.5 Å². The first-order valence-corrected chi connectivity index (χ1v) is 8.41. The van der Waals surface area contributed by atoms with Gasteiger partial charge < -0.3 is 20.1 Å². The number of carbonyl (C=O) groups is 1. The Morgan fingerprint density at radius 1 is 1.33 bits per heavy atom. The highest BCUT2D eigenvalue weighted by atomic mass is 16.5. The Labute approximate surface area is 142 Å². The molecular formula is C19H24N2O3. The van der Waals surface area contributed by atoms with E-state index in [2.05, 4.69) is 35.6 Å². The minimum absolute atomic E-state index is 0.0362. The number of aliphatic hydroxyl groups excluding tert-OH is 1. The van der Waals surface area contributed by atoms with E-state index >= 15 is 0 Å². The molecule has 2 N–H and O–H groups in total. The molecule has 128 valence electrons. The summed E-state index contributed by atoms with van der Waals surface area (Å²) in [6.07, 6.45) is 0.505. The number of aliphatic hydroxyl groups is 1. The van der Waals surface area contributed by atoms with Crippen LogP contribution in [0.4, 0.5) is 4.79 Å². The van der Waals surface area contributed by atoms with Crippen LogP contribution >= 0.6 is 0 Å². The van der Waals surface area contributed by atoms with Crippen molar-refractivity contribution >= 4 is 16.8 Å². The van der Waals surface area contributed by atoms with Gasteiger partial charge in [-0.25, -0.2) is 4.79 Å². The predicted molar refractivity (Wildman–Crippen MR) is 94.0 cm³/mol. The summed E-state index contributed by atoms with van der Waals surface area (Å²) in [5, 5.41) is 14.6. The molecule has 5 heteroatoms. The molecule has 0 unspecified atom stereocenters. The van der Waals surface area contributed by atoms with E-state index in [-0.39, 0.29) is 24.8 Å². The maximum atomic E-state index is 12.4. The number of nitrogens with zero attached hydrogens (tertiary/aromatic N) is 1.